The van der Waals surface area contributed by atoms with Crippen molar-refractivity contribution < 1.29 is 17.6 Å². The summed E-state index contributed by atoms with van der Waals surface area (Å²) in [5, 5.41) is 2.73. The Hall–Kier alpha value is -3.96. The first-order valence-electron chi connectivity index (χ1n) is 10.2. The summed E-state index contributed by atoms with van der Waals surface area (Å²) in [7, 11) is -4.28. The molecular formula is C23H18ClFN4O5S. The number of para-hydroxylation sites is 1. The Balaban J connectivity index is 1.43. The van der Waals surface area contributed by atoms with Crippen LogP contribution in [0.25, 0.3) is 10.9 Å². The molecule has 9 nitrogen and oxygen atoms in total. The molecule has 4 aromatic rings. The second-order valence-electron chi connectivity index (χ2n) is 7.46. The first-order valence-corrected chi connectivity index (χ1v) is 12.1. The molecule has 0 saturated heterocycles. The SMILES string of the molecule is O=C(CCn1c(=O)[nH]c(=O)c2ccccc21)Nc1ccc(NS(=O)(=O)c2c(F)cccc2Cl)cc1. The third-order valence-corrected chi connectivity index (χ3v) is 6.96. The third-order valence-electron chi connectivity index (χ3n) is 5.08. The van der Waals surface area contributed by atoms with Crippen LogP contribution in [-0.4, -0.2) is 23.9 Å². The molecular weight excluding hydrogens is 499 g/mol. The number of nitrogens with zero attached hydrogens (tertiary/aromatic N) is 1. The molecule has 0 unspecified atom stereocenters. The molecule has 3 aromatic carbocycles. The molecule has 0 fully saturated rings. The Kier molecular flexibility index (Phi) is 6.72. The number of aryl methyl sites for hydroxylation is 1. The van der Waals surface area contributed by atoms with Crippen LogP contribution in [-0.2, 0) is 21.4 Å². The number of anilines is 2. The van der Waals surface area contributed by atoms with Crippen LogP contribution in [0, 0.1) is 5.82 Å². The predicted molar refractivity (Wildman–Crippen MR) is 131 cm³/mol. The smallest absolute Gasteiger partial charge is 0.326 e. The molecule has 180 valence electrons. The monoisotopic (exact) mass is 516 g/mol. The van der Waals surface area contributed by atoms with Crippen molar-refractivity contribution in [2.45, 2.75) is 17.9 Å². The summed E-state index contributed by atoms with van der Waals surface area (Å²) in [6, 6.07) is 15.8. The Labute approximate surface area is 203 Å². The molecule has 0 spiro atoms. The lowest BCUT2D eigenvalue weighted by Gasteiger charge is -2.12. The highest BCUT2D eigenvalue weighted by atomic mass is 35.5. The first-order chi connectivity index (χ1) is 16.7. The summed E-state index contributed by atoms with van der Waals surface area (Å²) < 4.78 is 42.6. The van der Waals surface area contributed by atoms with E-state index in [-0.39, 0.29) is 23.7 Å². The van der Waals surface area contributed by atoms with Gasteiger partial charge in [-0.3, -0.25) is 23.9 Å². The summed E-state index contributed by atoms with van der Waals surface area (Å²) in [4.78, 5) is 38.1. The second-order valence-corrected chi connectivity index (χ2v) is 9.49. The van der Waals surface area contributed by atoms with Gasteiger partial charge in [0.05, 0.1) is 15.9 Å². The number of carbonyl (C=O) groups is 1. The minimum Gasteiger partial charge on any atom is -0.326 e. The van der Waals surface area contributed by atoms with Gasteiger partial charge in [0.15, 0.2) is 0 Å². The molecule has 1 amide bonds. The number of carbonyl (C=O) groups excluding carboxylic acids is 1. The van der Waals surface area contributed by atoms with Crippen molar-refractivity contribution in [3.05, 3.63) is 98.4 Å². The van der Waals surface area contributed by atoms with E-state index in [1.807, 2.05) is 0 Å². The van der Waals surface area contributed by atoms with E-state index in [0.717, 1.165) is 6.07 Å². The van der Waals surface area contributed by atoms with Gasteiger partial charge in [0.2, 0.25) is 5.91 Å². The summed E-state index contributed by atoms with van der Waals surface area (Å²) in [6.07, 6.45) is -0.0594. The van der Waals surface area contributed by atoms with Gasteiger partial charge in [-0.05, 0) is 48.5 Å². The van der Waals surface area contributed by atoms with Crippen LogP contribution in [0.15, 0.2) is 81.2 Å². The second kappa shape index (κ2) is 9.72. The maximum Gasteiger partial charge on any atom is 0.328 e. The number of fused-ring (bicyclic) bond motifs is 1. The highest BCUT2D eigenvalue weighted by molar-refractivity contribution is 7.92. The van der Waals surface area contributed by atoms with E-state index in [1.54, 1.807) is 24.3 Å². The van der Waals surface area contributed by atoms with Gasteiger partial charge in [-0.1, -0.05) is 29.8 Å². The molecule has 0 aliphatic rings. The number of rotatable bonds is 7. The summed E-state index contributed by atoms with van der Waals surface area (Å²) in [6.45, 7) is 0.0310. The van der Waals surface area contributed by atoms with Crippen LogP contribution >= 0.6 is 11.6 Å². The number of sulfonamides is 1. The van der Waals surface area contributed by atoms with Crippen LogP contribution in [0.4, 0.5) is 15.8 Å². The van der Waals surface area contributed by atoms with E-state index in [1.165, 1.54) is 41.0 Å². The predicted octanol–water partition coefficient (Wildman–Crippen LogP) is 3.31. The fraction of sp³-hybridized carbons (Fsp3) is 0.0870. The summed E-state index contributed by atoms with van der Waals surface area (Å²) in [5.74, 6) is -1.39. The highest BCUT2D eigenvalue weighted by Crippen LogP contribution is 2.26. The van der Waals surface area contributed by atoms with E-state index in [2.05, 4.69) is 15.0 Å². The Morgan fingerprint density at radius 2 is 1.66 bits per heavy atom. The van der Waals surface area contributed by atoms with Gasteiger partial charge in [0.25, 0.3) is 15.6 Å². The molecule has 3 N–H and O–H groups in total. The number of halogens is 2. The number of nitrogens with one attached hydrogen (secondary N) is 3. The van der Waals surface area contributed by atoms with Gasteiger partial charge in [-0.25, -0.2) is 17.6 Å². The lowest BCUT2D eigenvalue weighted by Crippen LogP contribution is -2.31. The number of hydrogen-bond donors (Lipinski definition) is 3. The Morgan fingerprint density at radius 3 is 2.37 bits per heavy atom. The fourth-order valence-electron chi connectivity index (χ4n) is 3.47. The zero-order chi connectivity index (χ0) is 25.2. The number of hydrogen-bond acceptors (Lipinski definition) is 5. The van der Waals surface area contributed by atoms with E-state index in [0.29, 0.717) is 16.6 Å². The molecule has 4 rings (SSSR count). The molecule has 0 atom stereocenters. The largest absolute Gasteiger partial charge is 0.328 e. The summed E-state index contributed by atoms with van der Waals surface area (Å²) >= 11 is 5.84. The molecule has 0 radical (unpaired) electrons. The molecule has 35 heavy (non-hydrogen) atoms. The van der Waals surface area contributed by atoms with Crippen molar-refractivity contribution in [3.8, 4) is 0 Å². The topological polar surface area (TPSA) is 130 Å². The number of benzene rings is 3. The van der Waals surface area contributed by atoms with Gasteiger partial charge in [-0.15, -0.1) is 0 Å². The molecule has 1 heterocycles. The summed E-state index contributed by atoms with van der Waals surface area (Å²) in [5.41, 5.74) is -0.192. The van der Waals surface area contributed by atoms with Gasteiger partial charge < -0.3 is 5.32 Å². The molecule has 1 aromatic heterocycles. The van der Waals surface area contributed by atoms with E-state index < -0.39 is 37.9 Å². The van der Waals surface area contributed by atoms with E-state index in [4.69, 9.17) is 11.6 Å². The van der Waals surface area contributed by atoms with Crippen molar-refractivity contribution in [1.29, 1.82) is 0 Å². The zero-order valence-corrected chi connectivity index (χ0v) is 19.5. The van der Waals surface area contributed by atoms with Gasteiger partial charge in [-0.2, -0.15) is 0 Å². The molecule has 0 aliphatic carbocycles. The minimum absolute atomic E-state index is 0.0310. The van der Waals surface area contributed by atoms with Crippen LogP contribution < -0.4 is 21.3 Å². The van der Waals surface area contributed by atoms with Gasteiger partial charge >= 0.3 is 5.69 Å². The van der Waals surface area contributed by atoms with Crippen LogP contribution in [0.2, 0.25) is 5.02 Å². The van der Waals surface area contributed by atoms with Crippen LogP contribution in [0.1, 0.15) is 6.42 Å². The van der Waals surface area contributed by atoms with Crippen LogP contribution in [0.5, 0.6) is 0 Å². The van der Waals surface area contributed by atoms with Crippen molar-refractivity contribution in [1.82, 2.24) is 9.55 Å². The van der Waals surface area contributed by atoms with Gasteiger partial charge in [0.1, 0.15) is 10.7 Å². The third kappa shape index (κ3) is 5.26. The van der Waals surface area contributed by atoms with Crippen molar-refractivity contribution in [3.63, 3.8) is 0 Å². The van der Waals surface area contributed by atoms with Crippen molar-refractivity contribution in [2.24, 2.45) is 0 Å². The number of H-pyrrole nitrogens is 1. The normalized spacial score (nSPS) is 11.4. The van der Waals surface area contributed by atoms with E-state index >= 15 is 0 Å². The Bertz CT molecular complexity index is 1630. The lowest BCUT2D eigenvalue weighted by molar-refractivity contribution is -0.116. The van der Waals surface area contributed by atoms with Crippen molar-refractivity contribution in [2.75, 3.05) is 10.0 Å². The number of aromatic nitrogens is 2. The maximum atomic E-state index is 14.0. The molecule has 0 bridgehead atoms. The van der Waals surface area contributed by atoms with Crippen LogP contribution in [0.3, 0.4) is 0 Å². The number of amides is 1. The molecule has 0 saturated carbocycles. The quantitative estimate of drug-likeness (QED) is 0.347. The van der Waals surface area contributed by atoms with E-state index in [9.17, 15) is 27.2 Å². The average Bonchev–Trinajstić information content (AvgIpc) is 2.80. The molecule has 12 heteroatoms. The Morgan fingerprint density at radius 1 is 0.971 bits per heavy atom. The highest BCUT2D eigenvalue weighted by Gasteiger charge is 2.22. The van der Waals surface area contributed by atoms with Gasteiger partial charge in [0, 0.05) is 24.3 Å². The zero-order valence-electron chi connectivity index (χ0n) is 17.9. The average molecular weight is 517 g/mol. The fourth-order valence-corrected chi connectivity index (χ4v) is 5.13. The first kappa shape index (κ1) is 24.2. The maximum absolute atomic E-state index is 14.0. The number of aromatic amines is 1. The minimum atomic E-state index is -4.28. The standard InChI is InChI=1S/C23H18ClFN4O5S/c24-17-5-3-6-18(25)21(17)35(33,34)28-15-10-8-14(9-11-15)26-20(30)12-13-29-19-7-2-1-4-16(19)22(31)27-23(29)32/h1-11,28H,12-13H2,(H,26,30)(H,27,31,32). The molecule has 0 aliphatic heterocycles. The van der Waals surface area contributed by atoms with Crippen molar-refractivity contribution >= 4 is 49.8 Å². The lowest BCUT2D eigenvalue weighted by atomic mass is 10.2.